The van der Waals surface area contributed by atoms with Crippen molar-refractivity contribution in [3.05, 3.63) is 18.2 Å². The Morgan fingerprint density at radius 3 is 2.87 bits per heavy atom. The van der Waals surface area contributed by atoms with Gasteiger partial charge in [-0.25, -0.2) is 9.78 Å². The van der Waals surface area contributed by atoms with E-state index in [4.69, 9.17) is 4.74 Å². The molecule has 2 N–H and O–H groups in total. The zero-order valence-corrected chi connectivity index (χ0v) is 9.33. The van der Waals surface area contributed by atoms with Crippen molar-refractivity contribution in [3.63, 3.8) is 0 Å². The molecule has 1 heterocycles. The topological polar surface area (TPSA) is 67.0 Å². The Morgan fingerprint density at radius 2 is 2.33 bits per heavy atom. The largest absolute Gasteiger partial charge is 0.444 e. The molecule has 0 saturated heterocycles. The first-order valence-corrected chi connectivity index (χ1v) is 4.92. The lowest BCUT2D eigenvalue weighted by atomic mass is 10.2. The summed E-state index contributed by atoms with van der Waals surface area (Å²) < 4.78 is 5.08. The molecule has 0 spiro atoms. The third-order valence-electron chi connectivity index (χ3n) is 1.60. The Morgan fingerprint density at radius 1 is 1.60 bits per heavy atom. The van der Waals surface area contributed by atoms with Crippen LogP contribution in [-0.2, 0) is 11.2 Å². The summed E-state index contributed by atoms with van der Waals surface area (Å²) in [5.74, 6) is 0. The highest BCUT2D eigenvalue weighted by atomic mass is 16.6. The smallest absolute Gasteiger partial charge is 0.407 e. The molecule has 0 atom stereocenters. The number of rotatable bonds is 3. The van der Waals surface area contributed by atoms with E-state index in [1.807, 2.05) is 20.8 Å². The lowest BCUT2D eigenvalue weighted by molar-refractivity contribution is 0.0528. The average molecular weight is 211 g/mol. The van der Waals surface area contributed by atoms with Gasteiger partial charge in [-0.1, -0.05) is 0 Å². The Hall–Kier alpha value is -1.52. The van der Waals surface area contributed by atoms with Gasteiger partial charge in [0, 0.05) is 19.2 Å². The van der Waals surface area contributed by atoms with Crippen molar-refractivity contribution in [3.8, 4) is 0 Å². The van der Waals surface area contributed by atoms with Gasteiger partial charge in [0.05, 0.1) is 12.0 Å². The van der Waals surface area contributed by atoms with Crippen LogP contribution in [0.4, 0.5) is 4.79 Å². The summed E-state index contributed by atoms with van der Waals surface area (Å²) in [6.45, 7) is 6.03. The summed E-state index contributed by atoms with van der Waals surface area (Å²) in [7, 11) is 0. The van der Waals surface area contributed by atoms with Crippen LogP contribution in [0.15, 0.2) is 12.5 Å². The van der Waals surface area contributed by atoms with Crippen LogP contribution in [0.25, 0.3) is 0 Å². The Bertz CT molecular complexity index is 301. The molecule has 0 bridgehead atoms. The molecule has 0 aliphatic carbocycles. The van der Waals surface area contributed by atoms with Crippen LogP contribution < -0.4 is 5.32 Å². The normalized spacial score (nSPS) is 11.1. The number of carbonyl (C=O) groups excluding carboxylic acids is 1. The summed E-state index contributed by atoms with van der Waals surface area (Å²) in [6.07, 6.45) is 3.72. The fourth-order valence-corrected chi connectivity index (χ4v) is 1.03. The van der Waals surface area contributed by atoms with Crippen LogP contribution in [0.2, 0.25) is 0 Å². The third kappa shape index (κ3) is 5.05. The van der Waals surface area contributed by atoms with Gasteiger partial charge < -0.3 is 15.0 Å². The van der Waals surface area contributed by atoms with Crippen molar-refractivity contribution < 1.29 is 9.53 Å². The highest BCUT2D eigenvalue weighted by Crippen LogP contribution is 2.06. The van der Waals surface area contributed by atoms with E-state index in [1.165, 1.54) is 0 Å². The molecule has 5 nitrogen and oxygen atoms in total. The molecule has 0 unspecified atom stereocenters. The summed E-state index contributed by atoms with van der Waals surface area (Å²) >= 11 is 0. The van der Waals surface area contributed by atoms with Gasteiger partial charge in [0.2, 0.25) is 0 Å². The number of alkyl carbamates (subject to hydrolysis) is 1. The number of hydrogen-bond acceptors (Lipinski definition) is 3. The van der Waals surface area contributed by atoms with Crippen molar-refractivity contribution in [1.82, 2.24) is 15.3 Å². The number of carbonyl (C=O) groups is 1. The SMILES string of the molecule is CC(C)(C)OC(=O)NCCc1c[nH]cn1. The maximum atomic E-state index is 11.2. The molecular formula is C10H17N3O2. The lowest BCUT2D eigenvalue weighted by Crippen LogP contribution is -2.33. The predicted octanol–water partition coefficient (Wildman–Crippen LogP) is 1.48. The number of nitrogens with one attached hydrogen (secondary N) is 2. The van der Waals surface area contributed by atoms with Gasteiger partial charge in [-0.2, -0.15) is 0 Å². The van der Waals surface area contributed by atoms with Crippen LogP contribution >= 0.6 is 0 Å². The molecule has 1 aromatic heterocycles. The lowest BCUT2D eigenvalue weighted by Gasteiger charge is -2.19. The standard InChI is InChI=1S/C10H17N3O2/c1-10(2,3)15-9(14)12-5-4-8-6-11-7-13-8/h6-7H,4-5H2,1-3H3,(H,11,13)(H,12,14). The summed E-state index contributed by atoms with van der Waals surface area (Å²) in [6, 6.07) is 0. The van der Waals surface area contributed by atoms with Gasteiger partial charge in [-0.05, 0) is 20.8 Å². The number of nitrogens with zero attached hydrogens (tertiary/aromatic N) is 1. The van der Waals surface area contributed by atoms with Gasteiger partial charge in [0.1, 0.15) is 5.60 Å². The van der Waals surface area contributed by atoms with E-state index >= 15 is 0 Å². The van der Waals surface area contributed by atoms with Crippen molar-refractivity contribution in [2.75, 3.05) is 6.54 Å². The molecule has 1 rings (SSSR count). The number of aromatic amines is 1. The van der Waals surface area contributed by atoms with Crippen molar-refractivity contribution in [2.24, 2.45) is 0 Å². The fourth-order valence-electron chi connectivity index (χ4n) is 1.03. The monoisotopic (exact) mass is 211 g/mol. The molecular weight excluding hydrogens is 194 g/mol. The Kier molecular flexibility index (Phi) is 3.71. The number of imidazole rings is 1. The number of ether oxygens (including phenoxy) is 1. The van der Waals surface area contributed by atoms with E-state index in [9.17, 15) is 4.79 Å². The second-order valence-corrected chi connectivity index (χ2v) is 4.24. The van der Waals surface area contributed by atoms with Gasteiger partial charge in [-0.3, -0.25) is 0 Å². The minimum Gasteiger partial charge on any atom is -0.444 e. The molecule has 0 aliphatic rings. The predicted molar refractivity (Wildman–Crippen MR) is 56.5 cm³/mol. The minimum absolute atomic E-state index is 0.391. The van der Waals surface area contributed by atoms with Crippen LogP contribution in [0.5, 0.6) is 0 Å². The van der Waals surface area contributed by atoms with Gasteiger partial charge >= 0.3 is 6.09 Å². The van der Waals surface area contributed by atoms with Crippen molar-refractivity contribution in [2.45, 2.75) is 32.8 Å². The number of H-pyrrole nitrogens is 1. The summed E-state index contributed by atoms with van der Waals surface area (Å²) in [4.78, 5) is 18.1. The second-order valence-electron chi connectivity index (χ2n) is 4.24. The first kappa shape index (κ1) is 11.6. The van der Waals surface area contributed by atoms with Crippen molar-refractivity contribution in [1.29, 1.82) is 0 Å². The zero-order chi connectivity index (χ0) is 11.3. The third-order valence-corrected chi connectivity index (χ3v) is 1.60. The molecule has 0 radical (unpaired) electrons. The summed E-state index contributed by atoms with van der Waals surface area (Å²) in [5.41, 5.74) is 0.474. The van der Waals surface area contributed by atoms with Gasteiger partial charge in [-0.15, -0.1) is 0 Å². The summed E-state index contributed by atoms with van der Waals surface area (Å²) in [5, 5.41) is 2.66. The molecule has 0 aliphatic heterocycles. The number of aromatic nitrogens is 2. The molecule has 0 fully saturated rings. The van der Waals surface area contributed by atoms with Crippen LogP contribution in [0.3, 0.4) is 0 Å². The van der Waals surface area contributed by atoms with Crippen LogP contribution in [0, 0.1) is 0 Å². The van der Waals surface area contributed by atoms with Gasteiger partial charge in [0.25, 0.3) is 0 Å². The molecule has 0 saturated carbocycles. The van der Waals surface area contributed by atoms with Crippen LogP contribution in [-0.4, -0.2) is 28.2 Å². The Balaban J connectivity index is 2.18. The van der Waals surface area contributed by atoms with E-state index in [-0.39, 0.29) is 0 Å². The van der Waals surface area contributed by atoms with E-state index in [0.29, 0.717) is 13.0 Å². The molecule has 5 heteroatoms. The van der Waals surface area contributed by atoms with Gasteiger partial charge in [0.15, 0.2) is 0 Å². The second kappa shape index (κ2) is 4.82. The van der Waals surface area contributed by atoms with Crippen LogP contribution in [0.1, 0.15) is 26.5 Å². The highest BCUT2D eigenvalue weighted by Gasteiger charge is 2.15. The molecule has 0 aromatic carbocycles. The van der Waals surface area contributed by atoms with E-state index in [1.54, 1.807) is 12.5 Å². The minimum atomic E-state index is -0.448. The van der Waals surface area contributed by atoms with Crippen molar-refractivity contribution >= 4 is 6.09 Å². The average Bonchev–Trinajstić information content (AvgIpc) is 2.53. The highest BCUT2D eigenvalue weighted by molar-refractivity contribution is 5.67. The zero-order valence-electron chi connectivity index (χ0n) is 9.33. The first-order chi connectivity index (χ1) is 6.97. The Labute approximate surface area is 89.2 Å². The first-order valence-electron chi connectivity index (χ1n) is 4.92. The molecule has 1 aromatic rings. The maximum Gasteiger partial charge on any atom is 0.407 e. The molecule has 1 amide bonds. The maximum absolute atomic E-state index is 11.2. The molecule has 84 valence electrons. The quantitative estimate of drug-likeness (QED) is 0.795. The fraction of sp³-hybridized carbons (Fsp3) is 0.600. The number of hydrogen-bond donors (Lipinski definition) is 2. The van der Waals surface area contributed by atoms with E-state index in [2.05, 4.69) is 15.3 Å². The number of amides is 1. The van der Waals surface area contributed by atoms with E-state index < -0.39 is 11.7 Å². The molecule has 15 heavy (non-hydrogen) atoms. The van der Waals surface area contributed by atoms with E-state index in [0.717, 1.165) is 5.69 Å².